The minimum absolute atomic E-state index is 0.0677. The van der Waals surface area contributed by atoms with E-state index in [0.29, 0.717) is 25.8 Å². The number of ketones is 1. The van der Waals surface area contributed by atoms with Crippen LogP contribution in [0.3, 0.4) is 0 Å². The Kier molecular flexibility index (Phi) is 10.00. The lowest BCUT2D eigenvalue weighted by molar-refractivity contribution is -0.145. The Morgan fingerprint density at radius 2 is 1.62 bits per heavy atom. The number of nitrogens with two attached hydrogens (primary N) is 1. The molecule has 1 unspecified atom stereocenters. The third kappa shape index (κ3) is 7.47. The standard InChI is InChI=1S/C31H52N6O7S/c1-30(2,3)25(35-29(42)34-19-13-8-9-14-21(19)36(6)45(7,43)44)28(41)37-16-18-22(31(18,4)5)23(37)27(40)33-20(24(38)26(32)39)15-17-11-10-12-17/h17-23,25H,8-16H2,1-7H3,(H2,32,39)(H,33,40)(H2,34,35,42)/t18-,19-,20?,21+,22-,23-,25+/m0/s1. The molecule has 0 radical (unpaired) electrons. The maximum absolute atomic E-state index is 14.3. The van der Waals surface area contributed by atoms with Gasteiger partial charge in [0.25, 0.3) is 5.91 Å². The fraction of sp³-hybridized carbons (Fsp3) is 0.839. The fourth-order valence-electron chi connectivity index (χ4n) is 7.65. The molecule has 1 saturated heterocycles. The minimum Gasteiger partial charge on any atom is -0.363 e. The number of piperidine rings is 1. The summed E-state index contributed by atoms with van der Waals surface area (Å²) < 4.78 is 25.8. The number of sulfonamides is 1. The summed E-state index contributed by atoms with van der Waals surface area (Å²) in [5.74, 6) is -2.70. The molecule has 14 heteroatoms. The number of carbonyl (C=O) groups is 5. The van der Waals surface area contributed by atoms with Gasteiger partial charge in [0, 0.05) is 25.7 Å². The molecule has 1 heterocycles. The second kappa shape index (κ2) is 12.8. The Bertz CT molecular complexity index is 1310. The molecule has 3 saturated carbocycles. The van der Waals surface area contributed by atoms with Crippen molar-refractivity contribution in [3.8, 4) is 0 Å². The zero-order chi connectivity index (χ0) is 33.6. The van der Waals surface area contributed by atoms with Gasteiger partial charge in [-0.1, -0.05) is 66.7 Å². The third-order valence-corrected chi connectivity index (χ3v) is 12.2. The van der Waals surface area contributed by atoms with E-state index in [1.807, 2.05) is 34.6 Å². The van der Waals surface area contributed by atoms with E-state index < -0.39 is 75.2 Å². The normalized spacial score (nSPS) is 29.2. The number of Topliss-reactive ketones (excluding diaryl/α,β-unsaturated/α-hetero) is 1. The van der Waals surface area contributed by atoms with Crippen molar-refractivity contribution in [3.63, 3.8) is 0 Å². The number of hydrogen-bond acceptors (Lipinski definition) is 7. The van der Waals surface area contributed by atoms with Gasteiger partial charge < -0.3 is 26.6 Å². The number of carbonyl (C=O) groups excluding carboxylic acids is 5. The van der Waals surface area contributed by atoms with Crippen LogP contribution in [0.25, 0.3) is 0 Å². The highest BCUT2D eigenvalue weighted by molar-refractivity contribution is 7.88. The van der Waals surface area contributed by atoms with Gasteiger partial charge >= 0.3 is 6.03 Å². The van der Waals surface area contributed by atoms with Gasteiger partial charge in [-0.25, -0.2) is 17.5 Å². The van der Waals surface area contributed by atoms with Crippen molar-refractivity contribution in [1.29, 1.82) is 0 Å². The molecule has 4 rings (SSSR count). The van der Waals surface area contributed by atoms with E-state index in [1.54, 1.807) is 0 Å². The summed E-state index contributed by atoms with van der Waals surface area (Å²) in [5.41, 5.74) is 4.39. The van der Waals surface area contributed by atoms with Crippen LogP contribution in [-0.2, 0) is 29.2 Å². The van der Waals surface area contributed by atoms with Crippen LogP contribution in [0.5, 0.6) is 0 Å². The Morgan fingerprint density at radius 1 is 1.00 bits per heavy atom. The first-order valence-electron chi connectivity index (χ1n) is 16.2. The van der Waals surface area contributed by atoms with Gasteiger partial charge in [0.05, 0.1) is 12.3 Å². The number of likely N-dealkylation sites (tertiary alicyclic amines) is 1. The number of rotatable bonds is 11. The molecule has 4 aliphatic rings. The first kappa shape index (κ1) is 35.1. The lowest BCUT2D eigenvalue weighted by Crippen LogP contribution is -2.63. The first-order chi connectivity index (χ1) is 20.7. The third-order valence-electron chi connectivity index (χ3n) is 10.9. The van der Waals surface area contributed by atoms with Gasteiger partial charge in [-0.15, -0.1) is 0 Å². The van der Waals surface area contributed by atoms with Crippen molar-refractivity contribution in [2.75, 3.05) is 19.8 Å². The average Bonchev–Trinajstić information content (AvgIpc) is 3.23. The molecule has 0 bridgehead atoms. The zero-order valence-corrected chi connectivity index (χ0v) is 28.5. The van der Waals surface area contributed by atoms with Gasteiger partial charge in [0.15, 0.2) is 0 Å². The van der Waals surface area contributed by atoms with Crippen LogP contribution in [0, 0.1) is 28.6 Å². The lowest BCUT2D eigenvalue weighted by atomic mass is 9.80. The van der Waals surface area contributed by atoms with E-state index >= 15 is 0 Å². The van der Waals surface area contributed by atoms with E-state index in [-0.39, 0.29) is 23.2 Å². The summed E-state index contributed by atoms with van der Waals surface area (Å²) in [6.07, 6.45) is 7.22. The van der Waals surface area contributed by atoms with Crippen molar-refractivity contribution in [1.82, 2.24) is 25.2 Å². The molecule has 13 nitrogen and oxygen atoms in total. The van der Waals surface area contributed by atoms with E-state index in [9.17, 15) is 32.4 Å². The summed E-state index contributed by atoms with van der Waals surface area (Å²) in [6, 6.07) is -4.33. The smallest absolute Gasteiger partial charge is 0.315 e. The van der Waals surface area contributed by atoms with E-state index in [0.717, 1.165) is 38.4 Å². The predicted molar refractivity (Wildman–Crippen MR) is 168 cm³/mol. The highest BCUT2D eigenvalue weighted by atomic mass is 32.2. The largest absolute Gasteiger partial charge is 0.363 e. The SMILES string of the molecule is CN([C@@H]1CCCC[C@@H]1NC(=O)N[C@H](C(=O)N1C[C@H]2[C@@H]([C@H]1C(=O)NC(CC1CCC1)C(=O)C(N)=O)C2(C)C)C(C)(C)C)S(C)(=O)=O. The number of nitrogens with zero attached hydrogens (tertiary/aromatic N) is 2. The van der Waals surface area contributed by atoms with Crippen molar-refractivity contribution in [3.05, 3.63) is 0 Å². The van der Waals surface area contributed by atoms with Crippen LogP contribution in [0.4, 0.5) is 4.79 Å². The minimum atomic E-state index is -3.47. The monoisotopic (exact) mass is 652 g/mol. The fourth-order valence-corrected chi connectivity index (χ4v) is 8.40. The molecule has 5 amide bonds. The van der Waals surface area contributed by atoms with E-state index in [4.69, 9.17) is 5.73 Å². The molecule has 5 N–H and O–H groups in total. The summed E-state index contributed by atoms with van der Waals surface area (Å²) >= 11 is 0. The average molecular weight is 653 g/mol. The Labute approximate surface area is 267 Å². The molecule has 254 valence electrons. The molecule has 0 aromatic rings. The molecule has 0 aromatic carbocycles. The maximum Gasteiger partial charge on any atom is 0.315 e. The number of urea groups is 1. The second-order valence-electron chi connectivity index (χ2n) is 15.4. The number of nitrogens with one attached hydrogen (secondary N) is 3. The Hall–Kier alpha value is -2.74. The molecule has 45 heavy (non-hydrogen) atoms. The number of fused-ring (bicyclic) bond motifs is 1. The lowest BCUT2D eigenvalue weighted by Gasteiger charge is -2.39. The topological polar surface area (TPSA) is 188 Å². The van der Waals surface area contributed by atoms with Gasteiger partial charge in [-0.2, -0.15) is 0 Å². The van der Waals surface area contributed by atoms with Crippen molar-refractivity contribution in [2.45, 2.75) is 116 Å². The van der Waals surface area contributed by atoms with Gasteiger partial charge in [-0.05, 0) is 47.8 Å². The van der Waals surface area contributed by atoms with Crippen molar-refractivity contribution < 1.29 is 32.4 Å². The molecule has 3 aliphatic carbocycles. The number of primary amides is 1. The molecule has 4 fully saturated rings. The Morgan fingerprint density at radius 3 is 2.16 bits per heavy atom. The summed E-state index contributed by atoms with van der Waals surface area (Å²) in [5, 5.41) is 8.56. The zero-order valence-electron chi connectivity index (χ0n) is 27.7. The van der Waals surface area contributed by atoms with E-state index in [1.165, 1.54) is 16.3 Å². The van der Waals surface area contributed by atoms with Gasteiger partial charge in [0.2, 0.25) is 27.6 Å². The number of amides is 5. The number of likely N-dealkylation sites (N-methyl/N-ethyl adjacent to an activating group) is 1. The van der Waals surface area contributed by atoms with Crippen molar-refractivity contribution >= 4 is 39.6 Å². The quantitative estimate of drug-likeness (QED) is 0.241. The Balaban J connectivity index is 1.52. The van der Waals surface area contributed by atoms with Crippen LogP contribution in [0.2, 0.25) is 0 Å². The van der Waals surface area contributed by atoms with Crippen LogP contribution in [0.1, 0.15) is 86.0 Å². The maximum atomic E-state index is 14.3. The van der Waals surface area contributed by atoms with Crippen LogP contribution in [-0.4, -0.2) is 97.2 Å². The molecule has 0 aromatic heterocycles. The highest BCUT2D eigenvalue weighted by Crippen LogP contribution is 2.65. The van der Waals surface area contributed by atoms with Crippen LogP contribution >= 0.6 is 0 Å². The summed E-state index contributed by atoms with van der Waals surface area (Å²) in [7, 11) is -1.96. The molecule has 7 atom stereocenters. The van der Waals surface area contributed by atoms with Gasteiger partial charge in [0.1, 0.15) is 12.1 Å². The van der Waals surface area contributed by atoms with Crippen LogP contribution in [0.15, 0.2) is 0 Å². The second-order valence-corrected chi connectivity index (χ2v) is 17.4. The molecule has 0 spiro atoms. The number of hydrogen-bond donors (Lipinski definition) is 4. The van der Waals surface area contributed by atoms with E-state index in [2.05, 4.69) is 16.0 Å². The highest BCUT2D eigenvalue weighted by Gasteiger charge is 2.70. The molecular formula is C31H52N6O7S. The summed E-state index contributed by atoms with van der Waals surface area (Å²) in [6.45, 7) is 9.90. The van der Waals surface area contributed by atoms with Crippen molar-refractivity contribution in [2.24, 2.45) is 34.3 Å². The molecular weight excluding hydrogens is 600 g/mol. The van der Waals surface area contributed by atoms with Crippen LogP contribution < -0.4 is 21.7 Å². The molecule has 1 aliphatic heterocycles. The van der Waals surface area contributed by atoms with Gasteiger partial charge in [-0.3, -0.25) is 19.2 Å². The first-order valence-corrected chi connectivity index (χ1v) is 18.0. The summed E-state index contributed by atoms with van der Waals surface area (Å²) in [4.78, 5) is 67.5. The predicted octanol–water partition coefficient (Wildman–Crippen LogP) is 1.12.